The lowest BCUT2D eigenvalue weighted by Gasteiger charge is -2.18. The largest absolute Gasteiger partial charge is 0.444 e. The molecule has 120 valence electrons. The van der Waals surface area contributed by atoms with Crippen LogP contribution in [0.3, 0.4) is 0 Å². The predicted molar refractivity (Wildman–Crippen MR) is 87.0 cm³/mol. The van der Waals surface area contributed by atoms with Crippen molar-refractivity contribution in [1.29, 1.82) is 0 Å². The zero-order chi connectivity index (χ0) is 16.2. The Balaban J connectivity index is 1.59. The van der Waals surface area contributed by atoms with E-state index in [4.69, 9.17) is 16.3 Å². The second-order valence-electron chi connectivity index (χ2n) is 5.15. The smallest absolute Gasteiger partial charge is 0.411 e. The number of aromatic amines is 1. The fourth-order valence-corrected chi connectivity index (χ4v) is 2.67. The number of anilines is 2. The van der Waals surface area contributed by atoms with Crippen LogP contribution in [0.15, 0.2) is 41.3 Å². The highest BCUT2D eigenvalue weighted by Crippen LogP contribution is 2.25. The summed E-state index contributed by atoms with van der Waals surface area (Å²) in [5.41, 5.74) is 0.787. The van der Waals surface area contributed by atoms with Crippen molar-refractivity contribution in [2.45, 2.75) is 12.5 Å². The number of aromatic nitrogens is 2. The number of para-hydroxylation sites is 1. The van der Waals surface area contributed by atoms with Crippen molar-refractivity contribution in [2.24, 2.45) is 0 Å². The van der Waals surface area contributed by atoms with E-state index in [1.54, 1.807) is 12.1 Å². The molecule has 1 amide bonds. The van der Waals surface area contributed by atoms with E-state index < -0.39 is 11.7 Å². The summed E-state index contributed by atoms with van der Waals surface area (Å²) in [5, 5.41) is 8.79. The second kappa shape index (κ2) is 6.70. The molecule has 8 heteroatoms. The molecule has 0 radical (unpaired) electrons. The summed E-state index contributed by atoms with van der Waals surface area (Å²) in [4.78, 5) is 25.3. The fraction of sp³-hybridized carbons (Fsp3) is 0.267. The minimum Gasteiger partial charge on any atom is -0.444 e. The topological polar surface area (TPSA) is 87.3 Å². The molecule has 1 saturated heterocycles. The van der Waals surface area contributed by atoms with Gasteiger partial charge in [-0.25, -0.2) is 9.89 Å². The van der Waals surface area contributed by atoms with Crippen LogP contribution in [-0.4, -0.2) is 35.5 Å². The molecule has 0 bridgehead atoms. The quantitative estimate of drug-likeness (QED) is 0.899. The van der Waals surface area contributed by atoms with Crippen molar-refractivity contribution in [2.75, 3.05) is 23.3 Å². The molecule has 0 spiro atoms. The molecule has 1 aromatic heterocycles. The van der Waals surface area contributed by atoms with E-state index in [2.05, 4.69) is 15.5 Å². The number of H-pyrrole nitrogens is 1. The SMILES string of the molecule is O=C(Nc1ccccc1)O[C@@H]1CCN(c2cn[nH]c(=O)c2Cl)C1. The van der Waals surface area contributed by atoms with Gasteiger partial charge >= 0.3 is 6.09 Å². The number of nitrogens with zero attached hydrogens (tertiary/aromatic N) is 2. The van der Waals surface area contributed by atoms with Gasteiger partial charge in [-0.1, -0.05) is 29.8 Å². The van der Waals surface area contributed by atoms with Crippen LogP contribution in [0.1, 0.15) is 6.42 Å². The van der Waals surface area contributed by atoms with Gasteiger partial charge in [0, 0.05) is 18.7 Å². The molecule has 1 aromatic carbocycles. The van der Waals surface area contributed by atoms with E-state index in [-0.39, 0.29) is 11.1 Å². The van der Waals surface area contributed by atoms with Crippen molar-refractivity contribution in [3.05, 3.63) is 51.9 Å². The number of hydrogen-bond acceptors (Lipinski definition) is 5. The molecule has 7 nitrogen and oxygen atoms in total. The van der Waals surface area contributed by atoms with Crippen LogP contribution < -0.4 is 15.8 Å². The van der Waals surface area contributed by atoms with Gasteiger partial charge in [0.05, 0.1) is 18.4 Å². The zero-order valence-electron chi connectivity index (χ0n) is 12.2. The highest BCUT2D eigenvalue weighted by atomic mass is 35.5. The predicted octanol–water partition coefficient (Wildman–Crippen LogP) is 2.25. The zero-order valence-corrected chi connectivity index (χ0v) is 12.9. The molecular weight excluding hydrogens is 320 g/mol. The number of carbonyl (C=O) groups is 1. The van der Waals surface area contributed by atoms with Gasteiger partial charge in [0.1, 0.15) is 11.1 Å². The lowest BCUT2D eigenvalue weighted by Crippen LogP contribution is -2.28. The number of carbonyl (C=O) groups excluding carboxylic acids is 1. The Hall–Kier alpha value is -2.54. The average molecular weight is 335 g/mol. The van der Waals surface area contributed by atoms with Crippen molar-refractivity contribution in [1.82, 2.24) is 10.2 Å². The molecule has 1 aliphatic rings. The number of ether oxygens (including phenoxy) is 1. The summed E-state index contributed by atoms with van der Waals surface area (Å²) in [7, 11) is 0. The summed E-state index contributed by atoms with van der Waals surface area (Å²) in [6, 6.07) is 9.09. The van der Waals surface area contributed by atoms with E-state index in [0.717, 1.165) is 0 Å². The normalized spacial score (nSPS) is 17.1. The summed E-state index contributed by atoms with van der Waals surface area (Å²) in [6.45, 7) is 1.10. The number of amides is 1. The fourth-order valence-electron chi connectivity index (χ4n) is 2.46. The monoisotopic (exact) mass is 334 g/mol. The van der Waals surface area contributed by atoms with E-state index in [1.165, 1.54) is 6.20 Å². The van der Waals surface area contributed by atoms with Gasteiger partial charge in [-0.05, 0) is 12.1 Å². The van der Waals surface area contributed by atoms with Gasteiger partial charge in [0.25, 0.3) is 5.56 Å². The number of rotatable bonds is 3. The first-order valence-electron chi connectivity index (χ1n) is 7.14. The highest BCUT2D eigenvalue weighted by Gasteiger charge is 2.27. The van der Waals surface area contributed by atoms with Crippen LogP contribution >= 0.6 is 11.6 Å². The average Bonchev–Trinajstić information content (AvgIpc) is 2.99. The Morgan fingerprint density at radius 1 is 1.39 bits per heavy atom. The van der Waals surface area contributed by atoms with Crippen molar-refractivity contribution in [3.8, 4) is 0 Å². The molecule has 1 fully saturated rings. The maximum absolute atomic E-state index is 11.9. The van der Waals surface area contributed by atoms with Crippen LogP contribution in [0, 0.1) is 0 Å². The van der Waals surface area contributed by atoms with Crippen LogP contribution in [0.5, 0.6) is 0 Å². The van der Waals surface area contributed by atoms with E-state index >= 15 is 0 Å². The van der Waals surface area contributed by atoms with Gasteiger partial charge in [-0.3, -0.25) is 10.1 Å². The maximum Gasteiger partial charge on any atom is 0.411 e. The minimum absolute atomic E-state index is 0.0920. The summed E-state index contributed by atoms with van der Waals surface area (Å²) >= 11 is 5.99. The van der Waals surface area contributed by atoms with Gasteiger partial charge in [0.15, 0.2) is 0 Å². The number of halogens is 1. The van der Waals surface area contributed by atoms with Crippen molar-refractivity contribution < 1.29 is 9.53 Å². The number of nitrogens with one attached hydrogen (secondary N) is 2. The molecule has 23 heavy (non-hydrogen) atoms. The van der Waals surface area contributed by atoms with Gasteiger partial charge in [-0.15, -0.1) is 0 Å². The van der Waals surface area contributed by atoms with Gasteiger partial charge < -0.3 is 9.64 Å². The molecule has 2 aromatic rings. The van der Waals surface area contributed by atoms with Crippen LogP contribution in [0.2, 0.25) is 5.02 Å². The Morgan fingerprint density at radius 3 is 2.96 bits per heavy atom. The maximum atomic E-state index is 11.9. The molecule has 0 aliphatic carbocycles. The third-order valence-corrected chi connectivity index (χ3v) is 3.92. The molecule has 2 N–H and O–H groups in total. The molecule has 1 aliphatic heterocycles. The Bertz CT molecular complexity index is 750. The first-order valence-corrected chi connectivity index (χ1v) is 7.52. The van der Waals surface area contributed by atoms with E-state index in [1.807, 2.05) is 23.1 Å². The molecule has 0 unspecified atom stereocenters. The first-order chi connectivity index (χ1) is 11.1. The number of benzene rings is 1. The van der Waals surface area contributed by atoms with Gasteiger partial charge in [0.2, 0.25) is 0 Å². The van der Waals surface area contributed by atoms with E-state index in [0.29, 0.717) is 30.9 Å². The molecule has 3 rings (SSSR count). The van der Waals surface area contributed by atoms with Crippen LogP contribution in [0.25, 0.3) is 0 Å². The van der Waals surface area contributed by atoms with Crippen LogP contribution in [0.4, 0.5) is 16.2 Å². The first kappa shape index (κ1) is 15.4. The Kier molecular flexibility index (Phi) is 4.47. The lowest BCUT2D eigenvalue weighted by molar-refractivity contribution is 0.122. The summed E-state index contributed by atoms with van der Waals surface area (Å²) in [6.07, 6.45) is 1.38. The second-order valence-corrected chi connectivity index (χ2v) is 5.53. The lowest BCUT2D eigenvalue weighted by atomic mass is 10.3. The Labute approximate surface area is 137 Å². The summed E-state index contributed by atoms with van der Waals surface area (Å²) < 4.78 is 5.40. The molecule has 0 saturated carbocycles. The third kappa shape index (κ3) is 3.62. The standard InChI is InChI=1S/C15H15ClN4O3/c16-13-12(8-17-19-14(13)21)20-7-6-11(9-20)23-15(22)18-10-4-2-1-3-5-10/h1-5,8,11H,6-7,9H2,(H,18,22)(H,19,21)/t11-/m1/s1. The third-order valence-electron chi connectivity index (χ3n) is 3.56. The van der Waals surface area contributed by atoms with Crippen molar-refractivity contribution >= 4 is 29.1 Å². The molecule has 1 atom stereocenters. The van der Waals surface area contributed by atoms with Gasteiger partial charge in [-0.2, -0.15) is 5.10 Å². The minimum atomic E-state index is -0.502. The summed E-state index contributed by atoms with van der Waals surface area (Å²) in [5.74, 6) is 0. The highest BCUT2D eigenvalue weighted by molar-refractivity contribution is 6.33. The van der Waals surface area contributed by atoms with Crippen molar-refractivity contribution in [3.63, 3.8) is 0 Å². The number of hydrogen-bond donors (Lipinski definition) is 2. The molecule has 2 heterocycles. The molecular formula is C15H15ClN4O3. The van der Waals surface area contributed by atoms with E-state index in [9.17, 15) is 9.59 Å². The van der Waals surface area contributed by atoms with Crippen LogP contribution in [-0.2, 0) is 4.74 Å². The Morgan fingerprint density at radius 2 is 2.17 bits per heavy atom.